The van der Waals surface area contributed by atoms with Crippen molar-refractivity contribution in [3.8, 4) is 5.75 Å². The molecule has 0 heterocycles. The molecule has 0 aliphatic rings. The summed E-state index contributed by atoms with van der Waals surface area (Å²) in [5, 5.41) is 2.66. The van der Waals surface area contributed by atoms with E-state index in [1.807, 2.05) is 29.0 Å². The minimum atomic E-state index is -4.66. The molecule has 1 atom stereocenters. The molecule has 0 bridgehead atoms. The van der Waals surface area contributed by atoms with E-state index in [0.29, 0.717) is 18.9 Å². The standard InChI is InChI=1S/C20H23F3N2O4S/c1-14(6-7-15-8-10-17(29-2)11-9-15)25-19(26)13-24-30(27,28)18-5-3-4-16(12-18)20(21,22)23/h3-5,8-12,14,24H,6-7,13H2,1-2H3,(H,25,26). The van der Waals surface area contributed by atoms with Gasteiger partial charge in [0.15, 0.2) is 0 Å². The number of halogens is 3. The molecule has 0 fully saturated rings. The van der Waals surface area contributed by atoms with Crippen molar-refractivity contribution < 1.29 is 31.1 Å². The summed E-state index contributed by atoms with van der Waals surface area (Å²) in [5.74, 6) is 0.168. The molecule has 0 saturated carbocycles. The molecule has 0 saturated heterocycles. The number of benzene rings is 2. The summed E-state index contributed by atoms with van der Waals surface area (Å²) >= 11 is 0. The summed E-state index contributed by atoms with van der Waals surface area (Å²) in [6.45, 7) is 1.20. The van der Waals surface area contributed by atoms with E-state index in [0.717, 1.165) is 29.5 Å². The second-order valence-electron chi connectivity index (χ2n) is 6.71. The van der Waals surface area contributed by atoms with Crippen LogP contribution in [0, 0.1) is 0 Å². The maximum Gasteiger partial charge on any atom is 0.416 e. The van der Waals surface area contributed by atoms with E-state index < -0.39 is 39.1 Å². The molecule has 164 valence electrons. The molecule has 2 aromatic rings. The van der Waals surface area contributed by atoms with E-state index in [1.54, 1.807) is 14.0 Å². The van der Waals surface area contributed by atoms with Gasteiger partial charge in [0.1, 0.15) is 5.75 Å². The van der Waals surface area contributed by atoms with Crippen LogP contribution >= 0.6 is 0 Å². The van der Waals surface area contributed by atoms with Crippen molar-refractivity contribution in [1.29, 1.82) is 0 Å². The van der Waals surface area contributed by atoms with Gasteiger partial charge in [-0.05, 0) is 55.7 Å². The number of amides is 1. The fourth-order valence-corrected chi connectivity index (χ4v) is 3.68. The number of alkyl halides is 3. The number of rotatable bonds is 9. The molecule has 0 aliphatic carbocycles. The fourth-order valence-electron chi connectivity index (χ4n) is 2.66. The Labute approximate surface area is 173 Å². The number of ether oxygens (including phenoxy) is 1. The Kier molecular flexibility index (Phi) is 7.85. The summed E-state index contributed by atoms with van der Waals surface area (Å²) in [6.07, 6.45) is -3.35. The largest absolute Gasteiger partial charge is 0.497 e. The van der Waals surface area contributed by atoms with E-state index in [4.69, 9.17) is 4.74 Å². The smallest absolute Gasteiger partial charge is 0.416 e. The van der Waals surface area contributed by atoms with Crippen LogP contribution in [0.2, 0.25) is 0 Å². The quantitative estimate of drug-likeness (QED) is 0.623. The van der Waals surface area contributed by atoms with Gasteiger partial charge in [0.05, 0.1) is 24.1 Å². The minimum Gasteiger partial charge on any atom is -0.497 e. The van der Waals surface area contributed by atoms with Crippen molar-refractivity contribution in [2.75, 3.05) is 13.7 Å². The predicted octanol–water partition coefficient (Wildman–Crippen LogP) is 3.13. The van der Waals surface area contributed by atoms with Crippen LogP contribution < -0.4 is 14.8 Å². The van der Waals surface area contributed by atoms with Crippen LogP contribution in [-0.2, 0) is 27.4 Å². The van der Waals surface area contributed by atoms with Crippen LogP contribution in [0.5, 0.6) is 5.75 Å². The summed E-state index contributed by atoms with van der Waals surface area (Å²) < 4.78 is 69.8. The number of carbonyl (C=O) groups is 1. The molecule has 1 amide bonds. The summed E-state index contributed by atoms with van der Waals surface area (Å²) in [7, 11) is -2.68. The molecule has 1 unspecified atom stereocenters. The Morgan fingerprint density at radius 2 is 1.80 bits per heavy atom. The third kappa shape index (κ3) is 7.03. The number of hydrogen-bond acceptors (Lipinski definition) is 4. The van der Waals surface area contributed by atoms with E-state index in [9.17, 15) is 26.4 Å². The van der Waals surface area contributed by atoms with Crippen LogP contribution in [0.4, 0.5) is 13.2 Å². The van der Waals surface area contributed by atoms with E-state index in [1.165, 1.54) is 0 Å². The average molecular weight is 444 g/mol. The van der Waals surface area contributed by atoms with Crippen molar-refractivity contribution in [3.63, 3.8) is 0 Å². The number of sulfonamides is 1. The number of methoxy groups -OCH3 is 1. The molecule has 2 N–H and O–H groups in total. The zero-order valence-corrected chi connectivity index (χ0v) is 17.3. The molecule has 0 radical (unpaired) electrons. The maximum atomic E-state index is 12.8. The van der Waals surface area contributed by atoms with Crippen molar-refractivity contribution in [2.24, 2.45) is 0 Å². The highest BCUT2D eigenvalue weighted by Crippen LogP contribution is 2.30. The Bertz CT molecular complexity index is 961. The normalized spacial score (nSPS) is 13.0. The highest BCUT2D eigenvalue weighted by Gasteiger charge is 2.31. The van der Waals surface area contributed by atoms with Gasteiger partial charge in [-0.15, -0.1) is 0 Å². The fraction of sp³-hybridized carbons (Fsp3) is 0.350. The Morgan fingerprint density at radius 3 is 2.40 bits per heavy atom. The number of nitrogens with one attached hydrogen (secondary N) is 2. The van der Waals surface area contributed by atoms with E-state index in [-0.39, 0.29) is 6.04 Å². The molecule has 10 heteroatoms. The van der Waals surface area contributed by atoms with E-state index in [2.05, 4.69) is 5.32 Å². The maximum absolute atomic E-state index is 12.8. The van der Waals surface area contributed by atoms with Crippen LogP contribution in [0.3, 0.4) is 0 Å². The van der Waals surface area contributed by atoms with Gasteiger partial charge in [-0.1, -0.05) is 18.2 Å². The molecule has 0 aromatic heterocycles. The van der Waals surface area contributed by atoms with E-state index >= 15 is 0 Å². The number of aryl methyl sites for hydroxylation is 1. The van der Waals surface area contributed by atoms with Gasteiger partial charge in [0.2, 0.25) is 15.9 Å². The molecule has 2 aromatic carbocycles. The zero-order valence-electron chi connectivity index (χ0n) is 16.5. The van der Waals surface area contributed by atoms with Gasteiger partial charge < -0.3 is 10.1 Å². The average Bonchev–Trinajstić information content (AvgIpc) is 2.71. The zero-order chi connectivity index (χ0) is 22.4. The second-order valence-corrected chi connectivity index (χ2v) is 8.47. The van der Waals surface area contributed by atoms with Gasteiger partial charge in [0.25, 0.3) is 0 Å². The Balaban J connectivity index is 1.85. The van der Waals surface area contributed by atoms with Crippen LogP contribution in [0.15, 0.2) is 53.4 Å². The first kappa shape index (κ1) is 23.7. The highest BCUT2D eigenvalue weighted by atomic mass is 32.2. The monoisotopic (exact) mass is 444 g/mol. The minimum absolute atomic E-state index is 0.224. The van der Waals surface area contributed by atoms with Crippen molar-refractivity contribution in [3.05, 3.63) is 59.7 Å². The first-order valence-corrected chi connectivity index (χ1v) is 10.6. The van der Waals surface area contributed by atoms with Gasteiger partial charge in [-0.2, -0.15) is 13.2 Å². The number of hydrogen-bond donors (Lipinski definition) is 2. The van der Waals surface area contributed by atoms with Crippen LogP contribution in [0.1, 0.15) is 24.5 Å². The lowest BCUT2D eigenvalue weighted by Crippen LogP contribution is -2.41. The molecule has 30 heavy (non-hydrogen) atoms. The number of carbonyl (C=O) groups excluding carboxylic acids is 1. The molecule has 6 nitrogen and oxygen atoms in total. The van der Waals surface area contributed by atoms with Crippen LogP contribution in [0.25, 0.3) is 0 Å². The molecule has 2 rings (SSSR count). The summed E-state index contributed by atoms with van der Waals surface area (Å²) in [6, 6.07) is 10.6. The van der Waals surface area contributed by atoms with Crippen molar-refractivity contribution in [2.45, 2.75) is 36.9 Å². The summed E-state index contributed by atoms with van der Waals surface area (Å²) in [4.78, 5) is 11.5. The highest BCUT2D eigenvalue weighted by molar-refractivity contribution is 7.89. The third-order valence-electron chi connectivity index (χ3n) is 4.33. The van der Waals surface area contributed by atoms with Crippen LogP contribution in [-0.4, -0.2) is 34.0 Å². The SMILES string of the molecule is COc1ccc(CCC(C)NC(=O)CNS(=O)(=O)c2cccc(C(F)(F)F)c2)cc1. The Morgan fingerprint density at radius 1 is 1.13 bits per heavy atom. The molecular formula is C20H23F3N2O4S. The lowest BCUT2D eigenvalue weighted by atomic mass is 10.1. The first-order chi connectivity index (χ1) is 14.0. The second kappa shape index (κ2) is 9.94. The first-order valence-electron chi connectivity index (χ1n) is 9.10. The van der Waals surface area contributed by atoms with Crippen molar-refractivity contribution >= 4 is 15.9 Å². The topological polar surface area (TPSA) is 84.5 Å². The lowest BCUT2D eigenvalue weighted by molar-refractivity contribution is -0.137. The van der Waals surface area contributed by atoms with Gasteiger partial charge >= 0.3 is 6.18 Å². The summed E-state index contributed by atoms with van der Waals surface area (Å²) in [5.41, 5.74) is -0.0240. The van der Waals surface area contributed by atoms with Gasteiger partial charge in [-0.3, -0.25) is 4.79 Å². The van der Waals surface area contributed by atoms with Gasteiger partial charge in [-0.25, -0.2) is 13.1 Å². The molecule has 0 spiro atoms. The lowest BCUT2D eigenvalue weighted by Gasteiger charge is -2.15. The predicted molar refractivity (Wildman–Crippen MR) is 106 cm³/mol. The molecular weight excluding hydrogens is 421 g/mol. The third-order valence-corrected chi connectivity index (χ3v) is 5.73. The van der Waals surface area contributed by atoms with Crippen molar-refractivity contribution in [1.82, 2.24) is 10.0 Å². The Hall–Kier alpha value is -2.59. The van der Waals surface area contributed by atoms with Gasteiger partial charge in [0, 0.05) is 6.04 Å². The molecule has 0 aliphatic heterocycles.